The van der Waals surface area contributed by atoms with Crippen molar-refractivity contribution in [2.45, 2.75) is 36.0 Å². The Morgan fingerprint density at radius 2 is 1.76 bits per heavy atom. The van der Waals surface area contributed by atoms with Crippen molar-refractivity contribution in [3.05, 3.63) is 101 Å². The Labute approximate surface area is 222 Å². The lowest BCUT2D eigenvalue weighted by Crippen LogP contribution is -2.11. The third-order valence-electron chi connectivity index (χ3n) is 6.75. The second kappa shape index (κ2) is 10.3. The van der Waals surface area contributed by atoms with Crippen LogP contribution in [0.2, 0.25) is 5.02 Å². The minimum atomic E-state index is -3.52. The van der Waals surface area contributed by atoms with Crippen LogP contribution in [0.5, 0.6) is 0 Å². The maximum atomic E-state index is 12.9. The Bertz CT molecular complexity index is 1550. The molecule has 2 atom stereocenters. The summed E-state index contributed by atoms with van der Waals surface area (Å²) >= 11 is 6.26. The highest BCUT2D eigenvalue weighted by Gasteiger charge is 2.43. The van der Waals surface area contributed by atoms with Crippen LogP contribution in [-0.4, -0.2) is 43.2 Å². The van der Waals surface area contributed by atoms with E-state index in [-0.39, 0.29) is 28.3 Å². The van der Waals surface area contributed by atoms with E-state index in [0.717, 1.165) is 40.4 Å². The fourth-order valence-corrected chi connectivity index (χ4v) is 6.23. The largest absolute Gasteiger partial charge is 0.305 e. The molecule has 1 saturated carbocycles. The van der Waals surface area contributed by atoms with E-state index in [4.69, 9.17) is 11.6 Å². The number of fused-ring (bicyclic) bond motifs is 1. The third kappa shape index (κ3) is 5.90. The molecule has 2 aromatic heterocycles. The molecule has 0 saturated heterocycles. The number of hydrogen-bond donors (Lipinski definition) is 0. The van der Waals surface area contributed by atoms with Gasteiger partial charge in [0.05, 0.1) is 21.4 Å². The topological polar surface area (TPSA) is 80.2 Å². The average Bonchev–Trinajstić information content (AvgIpc) is 3.67. The van der Waals surface area contributed by atoms with Crippen molar-refractivity contribution in [3.8, 4) is 0 Å². The molecule has 0 bridgehead atoms. The number of benzene rings is 2. The Morgan fingerprint density at radius 1 is 1.00 bits per heavy atom. The Hall–Kier alpha value is -3.13. The van der Waals surface area contributed by atoms with Crippen molar-refractivity contribution in [2.75, 3.05) is 14.1 Å². The molecule has 0 aliphatic heterocycles. The van der Waals surface area contributed by atoms with Crippen molar-refractivity contribution in [1.82, 2.24) is 14.9 Å². The zero-order valence-corrected chi connectivity index (χ0v) is 22.3. The molecule has 0 spiro atoms. The normalized spacial score (nSPS) is 17.3. The van der Waals surface area contributed by atoms with Gasteiger partial charge in [0.25, 0.3) is 0 Å². The number of rotatable bonds is 9. The molecule has 0 N–H and O–H groups in total. The van der Waals surface area contributed by atoms with Crippen LogP contribution < -0.4 is 0 Å². The molecule has 2 aromatic carbocycles. The molecule has 1 fully saturated rings. The van der Waals surface area contributed by atoms with Gasteiger partial charge < -0.3 is 4.90 Å². The SMILES string of the molecule is CN(C)Cc1ccc(CS(=O)(=O)c2ccc(C3C[C@H]3C(=O)Cc3ccc4cncc(Cl)c4c3)cc2)nc1. The summed E-state index contributed by atoms with van der Waals surface area (Å²) < 4.78 is 25.9. The maximum Gasteiger partial charge on any atom is 0.184 e. The summed E-state index contributed by atoms with van der Waals surface area (Å²) in [6.07, 6.45) is 6.22. The second-order valence-corrected chi connectivity index (χ2v) is 12.4. The zero-order valence-electron chi connectivity index (χ0n) is 20.8. The number of Topliss-reactive ketones (excluding diaryl/α,β-unsaturated/α-hetero) is 1. The average molecular weight is 534 g/mol. The molecule has 37 heavy (non-hydrogen) atoms. The molecule has 8 heteroatoms. The Morgan fingerprint density at radius 3 is 2.46 bits per heavy atom. The Balaban J connectivity index is 1.21. The summed E-state index contributed by atoms with van der Waals surface area (Å²) in [5.41, 5.74) is 3.48. The molecule has 1 aliphatic carbocycles. The quantitative estimate of drug-likeness (QED) is 0.293. The standard InChI is InChI=1S/C29H28ClN3O3S/c1-33(2)17-20-4-8-23(32-14-20)18-37(35,36)24-9-6-21(7-10-24)25-13-27(25)29(34)12-19-3-5-22-15-31-16-28(30)26(22)11-19/h3-11,14-16,25,27H,12-13,17-18H2,1-2H3/t25?,27-/m1/s1. The smallest absolute Gasteiger partial charge is 0.184 e. The van der Waals surface area contributed by atoms with Gasteiger partial charge in [0.1, 0.15) is 5.78 Å². The number of sulfone groups is 1. The van der Waals surface area contributed by atoms with Crippen LogP contribution in [0.3, 0.4) is 0 Å². The minimum absolute atomic E-state index is 0.0454. The van der Waals surface area contributed by atoms with E-state index in [0.29, 0.717) is 17.1 Å². The monoisotopic (exact) mass is 533 g/mol. The van der Waals surface area contributed by atoms with Crippen molar-refractivity contribution in [3.63, 3.8) is 0 Å². The highest BCUT2D eigenvalue weighted by molar-refractivity contribution is 7.90. The van der Waals surface area contributed by atoms with Crippen LogP contribution in [-0.2, 0) is 33.4 Å². The van der Waals surface area contributed by atoms with Gasteiger partial charge in [0.15, 0.2) is 9.84 Å². The van der Waals surface area contributed by atoms with Gasteiger partial charge in [0.2, 0.25) is 0 Å². The molecule has 2 heterocycles. The lowest BCUT2D eigenvalue weighted by Gasteiger charge is -2.10. The molecular weight excluding hydrogens is 506 g/mol. The number of aromatic nitrogens is 2. The Kier molecular flexibility index (Phi) is 7.12. The maximum absolute atomic E-state index is 12.9. The fourth-order valence-electron chi connectivity index (χ4n) is 4.74. The number of pyridine rings is 2. The number of ketones is 1. The van der Waals surface area contributed by atoms with E-state index in [1.165, 1.54) is 0 Å². The first kappa shape index (κ1) is 25.5. The van der Waals surface area contributed by atoms with Gasteiger partial charge in [-0.05, 0) is 67.4 Å². The highest BCUT2D eigenvalue weighted by atomic mass is 35.5. The predicted octanol–water partition coefficient (Wildman–Crippen LogP) is 5.23. The lowest BCUT2D eigenvalue weighted by atomic mass is 10.0. The molecule has 6 nitrogen and oxygen atoms in total. The molecule has 4 aromatic rings. The van der Waals surface area contributed by atoms with E-state index in [9.17, 15) is 13.2 Å². The van der Waals surface area contributed by atoms with Crippen molar-refractivity contribution in [1.29, 1.82) is 0 Å². The first-order chi connectivity index (χ1) is 17.7. The number of carbonyl (C=O) groups is 1. The van der Waals surface area contributed by atoms with Gasteiger partial charge in [-0.15, -0.1) is 0 Å². The first-order valence-corrected chi connectivity index (χ1v) is 14.2. The van der Waals surface area contributed by atoms with Crippen LogP contribution in [0.1, 0.15) is 34.7 Å². The fraction of sp³-hybridized carbons (Fsp3) is 0.276. The number of hydrogen-bond acceptors (Lipinski definition) is 6. The van der Waals surface area contributed by atoms with Crippen LogP contribution in [0, 0.1) is 5.92 Å². The van der Waals surface area contributed by atoms with Gasteiger partial charge in [-0.25, -0.2) is 8.42 Å². The summed E-state index contributed by atoms with van der Waals surface area (Å²) in [6.45, 7) is 0.750. The highest BCUT2D eigenvalue weighted by Crippen LogP contribution is 2.48. The summed E-state index contributed by atoms with van der Waals surface area (Å²) in [5, 5.41) is 2.41. The van der Waals surface area contributed by atoms with E-state index in [2.05, 4.69) is 9.97 Å². The van der Waals surface area contributed by atoms with Crippen LogP contribution in [0.15, 0.2) is 78.1 Å². The molecule has 190 valence electrons. The van der Waals surface area contributed by atoms with E-state index in [1.807, 2.05) is 55.4 Å². The minimum Gasteiger partial charge on any atom is -0.305 e. The van der Waals surface area contributed by atoms with Gasteiger partial charge in [0, 0.05) is 48.2 Å². The van der Waals surface area contributed by atoms with Gasteiger partial charge in [-0.2, -0.15) is 0 Å². The van der Waals surface area contributed by atoms with Crippen LogP contribution in [0.4, 0.5) is 0 Å². The summed E-state index contributed by atoms with van der Waals surface area (Å²) in [4.78, 5) is 23.7. The molecule has 0 amide bonds. The predicted molar refractivity (Wildman–Crippen MR) is 145 cm³/mol. The van der Waals surface area contributed by atoms with E-state index >= 15 is 0 Å². The molecule has 1 unspecified atom stereocenters. The lowest BCUT2D eigenvalue weighted by molar-refractivity contribution is -0.119. The van der Waals surface area contributed by atoms with Crippen molar-refractivity contribution < 1.29 is 13.2 Å². The molecule has 5 rings (SSSR count). The first-order valence-electron chi connectivity index (χ1n) is 12.2. The van der Waals surface area contributed by atoms with Crippen LogP contribution >= 0.6 is 11.6 Å². The van der Waals surface area contributed by atoms with E-state index in [1.54, 1.807) is 36.8 Å². The van der Waals surface area contributed by atoms with Crippen LogP contribution in [0.25, 0.3) is 10.8 Å². The molecule has 1 aliphatic rings. The van der Waals surface area contributed by atoms with Gasteiger partial charge in [-0.1, -0.05) is 41.9 Å². The summed E-state index contributed by atoms with van der Waals surface area (Å²) in [6, 6.07) is 16.5. The number of halogens is 1. The molecule has 0 radical (unpaired) electrons. The van der Waals surface area contributed by atoms with Gasteiger partial charge in [-0.3, -0.25) is 14.8 Å². The number of carbonyl (C=O) groups excluding carboxylic acids is 1. The molecular formula is C29H28ClN3O3S. The second-order valence-electron chi connectivity index (χ2n) is 9.99. The third-order valence-corrected chi connectivity index (χ3v) is 8.72. The number of nitrogens with zero attached hydrogens (tertiary/aromatic N) is 3. The van der Waals surface area contributed by atoms with Gasteiger partial charge >= 0.3 is 0 Å². The summed E-state index contributed by atoms with van der Waals surface area (Å²) in [5.74, 6) is 0.125. The van der Waals surface area contributed by atoms with Crippen molar-refractivity contribution >= 4 is 38.0 Å². The zero-order chi connectivity index (χ0) is 26.2. The van der Waals surface area contributed by atoms with Crippen molar-refractivity contribution in [2.24, 2.45) is 5.92 Å². The summed E-state index contributed by atoms with van der Waals surface area (Å²) in [7, 11) is 0.428. The van der Waals surface area contributed by atoms with E-state index < -0.39 is 9.84 Å².